The van der Waals surface area contributed by atoms with Crippen molar-refractivity contribution < 1.29 is 13.2 Å². The van der Waals surface area contributed by atoms with Gasteiger partial charge in [-0.15, -0.1) is 0 Å². The fourth-order valence-corrected chi connectivity index (χ4v) is 3.89. The highest BCUT2D eigenvalue weighted by Gasteiger charge is 2.28. The van der Waals surface area contributed by atoms with Crippen LogP contribution in [0.4, 0.5) is 0 Å². The van der Waals surface area contributed by atoms with E-state index in [4.69, 9.17) is 0 Å². The topological polar surface area (TPSA) is 87.3 Å². The molecule has 3 rings (SSSR count). The lowest BCUT2D eigenvalue weighted by molar-refractivity contribution is 0.0950. The van der Waals surface area contributed by atoms with Crippen LogP contribution in [0, 0.1) is 0 Å². The van der Waals surface area contributed by atoms with Gasteiger partial charge in [0.15, 0.2) is 0 Å². The van der Waals surface area contributed by atoms with Gasteiger partial charge in [0.2, 0.25) is 10.0 Å². The van der Waals surface area contributed by atoms with Gasteiger partial charge in [-0.1, -0.05) is 6.07 Å². The SMILES string of the molecule is O=C(NCC1CCCN1)c1cccc(S(=O)(=O)NC2CC2)c1. The van der Waals surface area contributed by atoms with Gasteiger partial charge < -0.3 is 10.6 Å². The smallest absolute Gasteiger partial charge is 0.251 e. The molecular weight excluding hydrogens is 302 g/mol. The molecular formula is C15H21N3O3S. The first kappa shape index (κ1) is 15.5. The van der Waals surface area contributed by atoms with Crippen molar-refractivity contribution in [2.75, 3.05) is 13.1 Å². The van der Waals surface area contributed by atoms with Gasteiger partial charge >= 0.3 is 0 Å². The van der Waals surface area contributed by atoms with Gasteiger partial charge in [0.1, 0.15) is 0 Å². The maximum atomic E-state index is 12.2. The van der Waals surface area contributed by atoms with E-state index in [0.29, 0.717) is 18.2 Å². The zero-order valence-corrected chi connectivity index (χ0v) is 13.2. The second-order valence-electron chi connectivity index (χ2n) is 5.93. The minimum atomic E-state index is -3.53. The summed E-state index contributed by atoms with van der Waals surface area (Å²) < 4.78 is 27.0. The van der Waals surface area contributed by atoms with Crippen LogP contribution in [-0.2, 0) is 10.0 Å². The van der Waals surface area contributed by atoms with E-state index in [9.17, 15) is 13.2 Å². The van der Waals surface area contributed by atoms with Gasteiger partial charge in [-0.05, 0) is 50.4 Å². The first-order valence-corrected chi connectivity index (χ1v) is 9.17. The maximum absolute atomic E-state index is 12.2. The third-order valence-corrected chi connectivity index (χ3v) is 5.50. The van der Waals surface area contributed by atoms with Crippen molar-refractivity contribution in [1.29, 1.82) is 0 Å². The molecule has 2 aliphatic rings. The van der Waals surface area contributed by atoms with Gasteiger partial charge in [0.25, 0.3) is 5.91 Å². The van der Waals surface area contributed by atoms with Crippen molar-refractivity contribution in [1.82, 2.24) is 15.4 Å². The van der Waals surface area contributed by atoms with Gasteiger partial charge in [-0.3, -0.25) is 4.79 Å². The van der Waals surface area contributed by atoms with E-state index in [1.165, 1.54) is 12.1 Å². The molecule has 1 aromatic carbocycles. The highest BCUT2D eigenvalue weighted by Crippen LogP contribution is 2.22. The van der Waals surface area contributed by atoms with Crippen LogP contribution in [0.1, 0.15) is 36.0 Å². The van der Waals surface area contributed by atoms with Crippen LogP contribution in [0.15, 0.2) is 29.2 Å². The molecule has 22 heavy (non-hydrogen) atoms. The van der Waals surface area contributed by atoms with Crippen molar-refractivity contribution in [3.05, 3.63) is 29.8 Å². The molecule has 3 N–H and O–H groups in total. The Morgan fingerprint density at radius 3 is 2.77 bits per heavy atom. The highest BCUT2D eigenvalue weighted by molar-refractivity contribution is 7.89. The van der Waals surface area contributed by atoms with Crippen molar-refractivity contribution >= 4 is 15.9 Å². The molecule has 6 nitrogen and oxygen atoms in total. The molecule has 1 saturated heterocycles. The lowest BCUT2D eigenvalue weighted by atomic mass is 10.2. The summed E-state index contributed by atoms with van der Waals surface area (Å²) in [6.45, 7) is 1.55. The predicted molar refractivity (Wildman–Crippen MR) is 83.1 cm³/mol. The van der Waals surface area contributed by atoms with Crippen LogP contribution in [0.25, 0.3) is 0 Å². The molecule has 1 atom stereocenters. The Hall–Kier alpha value is -1.44. The number of benzene rings is 1. The zero-order chi connectivity index (χ0) is 15.6. The summed E-state index contributed by atoms with van der Waals surface area (Å²) in [6.07, 6.45) is 3.95. The average molecular weight is 323 g/mol. The van der Waals surface area contributed by atoms with Crippen molar-refractivity contribution in [2.24, 2.45) is 0 Å². The molecule has 1 saturated carbocycles. The number of nitrogens with one attached hydrogen (secondary N) is 3. The minimum absolute atomic E-state index is 0.0518. The molecule has 0 bridgehead atoms. The van der Waals surface area contributed by atoms with Gasteiger partial charge in [-0.2, -0.15) is 0 Å². The number of amides is 1. The maximum Gasteiger partial charge on any atom is 0.251 e. The number of hydrogen-bond acceptors (Lipinski definition) is 4. The molecule has 1 aliphatic heterocycles. The Bertz CT molecular complexity index is 650. The van der Waals surface area contributed by atoms with E-state index in [2.05, 4.69) is 15.4 Å². The summed E-state index contributed by atoms with van der Waals surface area (Å²) in [7, 11) is -3.53. The van der Waals surface area contributed by atoms with Crippen LogP contribution in [-0.4, -0.2) is 39.5 Å². The lowest BCUT2D eigenvalue weighted by Crippen LogP contribution is -2.37. The van der Waals surface area contributed by atoms with Gasteiger partial charge in [0.05, 0.1) is 4.90 Å². The zero-order valence-electron chi connectivity index (χ0n) is 12.3. The first-order chi connectivity index (χ1) is 10.5. The van der Waals surface area contributed by atoms with Crippen LogP contribution in [0.5, 0.6) is 0 Å². The lowest BCUT2D eigenvalue weighted by Gasteiger charge is -2.12. The summed E-state index contributed by atoms with van der Waals surface area (Å²) in [6, 6.07) is 6.54. The van der Waals surface area contributed by atoms with E-state index in [1.807, 2.05) is 0 Å². The Morgan fingerprint density at radius 2 is 2.09 bits per heavy atom. The average Bonchev–Trinajstić information content (AvgIpc) is 3.15. The first-order valence-electron chi connectivity index (χ1n) is 7.68. The van der Waals surface area contributed by atoms with E-state index >= 15 is 0 Å². The number of carbonyl (C=O) groups is 1. The molecule has 1 heterocycles. The largest absolute Gasteiger partial charge is 0.350 e. The van der Waals surface area contributed by atoms with Crippen LogP contribution in [0.2, 0.25) is 0 Å². The standard InChI is InChI=1S/C15H21N3O3S/c19-15(17-10-13-4-2-8-16-13)11-3-1-5-14(9-11)22(20,21)18-12-6-7-12/h1,3,5,9,12-13,16,18H,2,4,6-8,10H2,(H,17,19). The summed E-state index contributed by atoms with van der Waals surface area (Å²) in [5.74, 6) is -0.239. The summed E-state index contributed by atoms with van der Waals surface area (Å²) in [5, 5.41) is 6.16. The highest BCUT2D eigenvalue weighted by atomic mass is 32.2. The van der Waals surface area contributed by atoms with Crippen LogP contribution >= 0.6 is 0 Å². The van der Waals surface area contributed by atoms with Crippen LogP contribution in [0.3, 0.4) is 0 Å². The van der Waals surface area contributed by atoms with Gasteiger partial charge in [-0.25, -0.2) is 13.1 Å². The molecule has 0 radical (unpaired) electrons. The third kappa shape index (κ3) is 3.85. The molecule has 0 aromatic heterocycles. The summed E-state index contributed by atoms with van der Waals surface area (Å²) in [4.78, 5) is 12.3. The van der Waals surface area contributed by atoms with Crippen molar-refractivity contribution in [3.8, 4) is 0 Å². The van der Waals surface area contributed by atoms with Crippen molar-refractivity contribution in [2.45, 2.75) is 42.7 Å². The molecule has 0 spiro atoms. The van der Waals surface area contributed by atoms with Crippen molar-refractivity contribution in [3.63, 3.8) is 0 Å². The Labute approximate surface area is 130 Å². The Morgan fingerprint density at radius 1 is 1.27 bits per heavy atom. The number of rotatable bonds is 6. The Balaban J connectivity index is 1.65. The minimum Gasteiger partial charge on any atom is -0.350 e. The molecule has 1 aromatic rings. The molecule has 1 unspecified atom stereocenters. The fourth-order valence-electron chi connectivity index (χ4n) is 2.54. The second kappa shape index (κ2) is 6.36. The fraction of sp³-hybridized carbons (Fsp3) is 0.533. The van der Waals surface area contributed by atoms with Gasteiger partial charge in [0, 0.05) is 24.2 Å². The molecule has 1 aliphatic carbocycles. The quantitative estimate of drug-likeness (QED) is 0.716. The number of hydrogen-bond donors (Lipinski definition) is 3. The summed E-state index contributed by atoms with van der Waals surface area (Å²) in [5.41, 5.74) is 0.372. The third-order valence-electron chi connectivity index (χ3n) is 3.98. The normalized spacial score (nSPS) is 21.7. The number of carbonyl (C=O) groups excluding carboxylic acids is 1. The monoisotopic (exact) mass is 323 g/mol. The predicted octanol–water partition coefficient (Wildman–Crippen LogP) is 0.609. The second-order valence-corrected chi connectivity index (χ2v) is 7.64. The van der Waals surface area contributed by atoms with E-state index < -0.39 is 10.0 Å². The van der Waals surface area contributed by atoms with Crippen LogP contribution < -0.4 is 15.4 Å². The Kier molecular flexibility index (Phi) is 4.46. The van der Waals surface area contributed by atoms with E-state index in [0.717, 1.165) is 32.2 Å². The molecule has 1 amide bonds. The van der Waals surface area contributed by atoms with E-state index in [1.54, 1.807) is 12.1 Å². The number of sulfonamides is 1. The molecule has 2 fully saturated rings. The molecule has 7 heteroatoms. The molecule has 120 valence electrons. The van der Waals surface area contributed by atoms with E-state index in [-0.39, 0.29) is 16.8 Å². The summed E-state index contributed by atoms with van der Waals surface area (Å²) >= 11 is 0.